The molecule has 0 atom stereocenters. The van der Waals surface area contributed by atoms with Gasteiger partial charge < -0.3 is 9.30 Å². The Morgan fingerprint density at radius 2 is 2.23 bits per heavy atom. The number of imidazole rings is 1. The van der Waals surface area contributed by atoms with Crippen LogP contribution in [0.2, 0.25) is 5.02 Å². The molecule has 0 spiro atoms. The molecule has 0 aliphatic carbocycles. The molecule has 3 aromatic rings. The lowest BCUT2D eigenvalue weighted by molar-refractivity contribution is 0.0771. The molecular weight excluding hydrogens is 302 g/mol. The van der Waals surface area contributed by atoms with Crippen LogP contribution in [-0.4, -0.2) is 37.0 Å². The number of fused-ring (bicyclic) bond motifs is 1. The van der Waals surface area contributed by atoms with Gasteiger partial charge in [0.05, 0.1) is 23.5 Å². The quantitative estimate of drug-likeness (QED) is 0.743. The molecule has 0 aromatic carbocycles. The first-order valence-corrected chi connectivity index (χ1v) is 7.37. The molecule has 0 aliphatic heterocycles. The van der Waals surface area contributed by atoms with Crippen molar-refractivity contribution >= 4 is 23.2 Å². The lowest BCUT2D eigenvalue weighted by Gasteiger charge is -2.16. The summed E-state index contributed by atoms with van der Waals surface area (Å²) in [5.74, 6) is -0.165. The number of carbonyl (C=O) groups is 1. The van der Waals surface area contributed by atoms with Gasteiger partial charge in [0.1, 0.15) is 11.3 Å². The fraction of sp³-hybridized carbons (Fsp3) is 0.267. The van der Waals surface area contributed by atoms with Crippen LogP contribution in [0.25, 0.3) is 5.65 Å². The van der Waals surface area contributed by atoms with Crippen molar-refractivity contribution in [3.63, 3.8) is 0 Å². The van der Waals surface area contributed by atoms with Gasteiger partial charge in [-0.15, -0.1) is 0 Å². The monoisotopic (exact) mass is 317 g/mol. The van der Waals surface area contributed by atoms with Crippen LogP contribution in [-0.2, 0) is 13.1 Å². The summed E-state index contributed by atoms with van der Waals surface area (Å²) in [6.07, 6.45) is 5.34. The van der Waals surface area contributed by atoms with Gasteiger partial charge in [-0.05, 0) is 19.1 Å². The number of rotatable bonds is 4. The van der Waals surface area contributed by atoms with Gasteiger partial charge in [0, 0.05) is 26.0 Å². The van der Waals surface area contributed by atoms with Crippen LogP contribution in [0.5, 0.6) is 0 Å². The third-order valence-electron chi connectivity index (χ3n) is 3.46. The maximum atomic E-state index is 12.6. The molecule has 0 fully saturated rings. The Morgan fingerprint density at radius 3 is 2.95 bits per heavy atom. The average Bonchev–Trinajstić information content (AvgIpc) is 3.08. The first kappa shape index (κ1) is 14.6. The van der Waals surface area contributed by atoms with E-state index in [1.54, 1.807) is 16.6 Å². The second kappa shape index (κ2) is 5.81. The Balaban J connectivity index is 1.82. The van der Waals surface area contributed by atoms with Crippen LogP contribution in [0.4, 0.5) is 0 Å². The fourth-order valence-corrected chi connectivity index (χ4v) is 2.60. The van der Waals surface area contributed by atoms with Gasteiger partial charge in [0.2, 0.25) is 0 Å². The number of aryl methyl sites for hydroxylation is 1. The smallest absolute Gasteiger partial charge is 0.273 e. The molecule has 1 amide bonds. The van der Waals surface area contributed by atoms with Gasteiger partial charge in [-0.1, -0.05) is 17.7 Å². The van der Waals surface area contributed by atoms with Crippen LogP contribution < -0.4 is 0 Å². The first-order chi connectivity index (χ1) is 10.6. The lowest BCUT2D eigenvalue weighted by atomic mass is 10.3. The summed E-state index contributed by atoms with van der Waals surface area (Å²) >= 11 is 6.08. The van der Waals surface area contributed by atoms with E-state index >= 15 is 0 Å². The highest BCUT2D eigenvalue weighted by Crippen LogP contribution is 2.18. The van der Waals surface area contributed by atoms with E-state index in [2.05, 4.69) is 10.1 Å². The molecule has 114 valence electrons. The number of pyridine rings is 1. The van der Waals surface area contributed by atoms with Gasteiger partial charge in [-0.3, -0.25) is 9.48 Å². The highest BCUT2D eigenvalue weighted by atomic mass is 35.5. The van der Waals surface area contributed by atoms with Gasteiger partial charge in [-0.2, -0.15) is 5.10 Å². The molecule has 3 rings (SSSR count). The number of halogens is 1. The Morgan fingerprint density at radius 1 is 1.41 bits per heavy atom. The number of aromatic nitrogens is 4. The van der Waals surface area contributed by atoms with E-state index in [9.17, 15) is 4.79 Å². The number of amides is 1. The van der Waals surface area contributed by atoms with Gasteiger partial charge in [-0.25, -0.2) is 4.98 Å². The molecule has 0 saturated carbocycles. The number of hydrogen-bond donors (Lipinski definition) is 0. The topological polar surface area (TPSA) is 55.4 Å². The van der Waals surface area contributed by atoms with E-state index in [-0.39, 0.29) is 5.91 Å². The maximum absolute atomic E-state index is 12.6. The molecule has 0 radical (unpaired) electrons. The van der Waals surface area contributed by atoms with Crippen LogP contribution >= 0.6 is 11.6 Å². The summed E-state index contributed by atoms with van der Waals surface area (Å²) in [5.41, 5.74) is 2.09. The van der Waals surface area contributed by atoms with Crippen molar-refractivity contribution < 1.29 is 4.79 Å². The molecule has 3 aromatic heterocycles. The minimum absolute atomic E-state index is 0.165. The molecule has 7 heteroatoms. The minimum Gasteiger partial charge on any atom is -0.334 e. The van der Waals surface area contributed by atoms with E-state index in [4.69, 9.17) is 11.6 Å². The maximum Gasteiger partial charge on any atom is 0.273 e. The summed E-state index contributed by atoms with van der Waals surface area (Å²) in [6, 6.07) is 5.79. The summed E-state index contributed by atoms with van der Waals surface area (Å²) in [7, 11) is 1.73. The van der Waals surface area contributed by atoms with E-state index < -0.39 is 0 Å². The average molecular weight is 318 g/mol. The van der Waals surface area contributed by atoms with E-state index in [0.717, 1.165) is 11.3 Å². The second-order valence-electron chi connectivity index (χ2n) is 5.02. The van der Waals surface area contributed by atoms with Crippen LogP contribution in [0, 0.1) is 0 Å². The third kappa shape index (κ3) is 2.57. The number of nitrogens with zero attached hydrogens (tertiary/aromatic N) is 5. The van der Waals surface area contributed by atoms with Crippen molar-refractivity contribution in [1.82, 2.24) is 24.1 Å². The summed E-state index contributed by atoms with van der Waals surface area (Å²) in [5, 5.41) is 4.47. The molecule has 3 heterocycles. The van der Waals surface area contributed by atoms with Gasteiger partial charge in [0.15, 0.2) is 0 Å². The fourth-order valence-electron chi connectivity index (χ4n) is 2.37. The van der Waals surface area contributed by atoms with Crippen molar-refractivity contribution in [3.05, 3.63) is 53.2 Å². The van der Waals surface area contributed by atoms with E-state index in [0.29, 0.717) is 23.8 Å². The number of carbonyl (C=O) groups excluding carboxylic acids is 1. The predicted molar refractivity (Wildman–Crippen MR) is 83.9 cm³/mol. The Hall–Kier alpha value is -2.34. The van der Waals surface area contributed by atoms with Crippen molar-refractivity contribution in [2.24, 2.45) is 0 Å². The molecule has 6 nitrogen and oxygen atoms in total. The second-order valence-corrected chi connectivity index (χ2v) is 5.42. The molecule has 0 saturated heterocycles. The highest BCUT2D eigenvalue weighted by Gasteiger charge is 2.21. The highest BCUT2D eigenvalue weighted by molar-refractivity contribution is 6.33. The SMILES string of the molecule is CCn1ncc(Cl)c1C(=O)N(C)Cc1cn2ccccc2n1. The summed E-state index contributed by atoms with van der Waals surface area (Å²) < 4.78 is 3.53. The largest absolute Gasteiger partial charge is 0.334 e. The van der Waals surface area contributed by atoms with E-state index in [1.807, 2.05) is 41.9 Å². The predicted octanol–water partition coefficient (Wildman–Crippen LogP) is 2.48. The van der Waals surface area contributed by atoms with Gasteiger partial charge >= 0.3 is 0 Å². The lowest BCUT2D eigenvalue weighted by Crippen LogP contribution is -2.28. The number of hydrogen-bond acceptors (Lipinski definition) is 3. The summed E-state index contributed by atoms with van der Waals surface area (Å²) in [6.45, 7) is 2.92. The van der Waals surface area contributed by atoms with Crippen LogP contribution in [0.1, 0.15) is 23.1 Å². The Kier molecular flexibility index (Phi) is 3.85. The molecular formula is C15H16ClN5O. The zero-order valence-electron chi connectivity index (χ0n) is 12.4. The molecule has 22 heavy (non-hydrogen) atoms. The third-order valence-corrected chi connectivity index (χ3v) is 3.73. The molecule has 0 aliphatic rings. The van der Waals surface area contributed by atoms with Gasteiger partial charge in [0.25, 0.3) is 5.91 Å². The molecule has 0 unspecified atom stereocenters. The zero-order valence-corrected chi connectivity index (χ0v) is 13.2. The standard InChI is InChI=1S/C15H16ClN5O/c1-3-21-14(12(16)8-17-21)15(22)19(2)9-11-10-20-7-5-4-6-13(20)18-11/h4-8,10H,3,9H2,1-2H3. The van der Waals surface area contributed by atoms with E-state index in [1.165, 1.54) is 6.20 Å². The normalized spacial score (nSPS) is 11.0. The Labute approximate surface area is 132 Å². The van der Waals surface area contributed by atoms with Crippen molar-refractivity contribution in [2.75, 3.05) is 7.05 Å². The summed E-state index contributed by atoms with van der Waals surface area (Å²) in [4.78, 5) is 18.7. The van der Waals surface area contributed by atoms with Crippen molar-refractivity contribution in [1.29, 1.82) is 0 Å². The molecule has 0 N–H and O–H groups in total. The minimum atomic E-state index is -0.165. The zero-order chi connectivity index (χ0) is 15.7. The van der Waals surface area contributed by atoms with Crippen molar-refractivity contribution in [2.45, 2.75) is 20.0 Å². The Bertz CT molecular complexity index is 789. The van der Waals surface area contributed by atoms with Crippen LogP contribution in [0.15, 0.2) is 36.8 Å². The molecule has 0 bridgehead atoms. The first-order valence-electron chi connectivity index (χ1n) is 6.99. The van der Waals surface area contributed by atoms with Crippen LogP contribution in [0.3, 0.4) is 0 Å². The van der Waals surface area contributed by atoms with Crippen molar-refractivity contribution in [3.8, 4) is 0 Å².